The quantitative estimate of drug-likeness (QED) is 0.908. The summed E-state index contributed by atoms with van der Waals surface area (Å²) in [4.78, 5) is 3.76. The van der Waals surface area contributed by atoms with E-state index in [-0.39, 0.29) is 11.9 Å². The molecule has 2 aromatic rings. The average Bonchev–Trinajstić information content (AvgIpc) is 2.39. The first-order chi connectivity index (χ1) is 9.11. The molecule has 0 aliphatic rings. The lowest BCUT2D eigenvalue weighted by atomic mass is 10.0. The molecular formula is C15H16F2N2. The Morgan fingerprint density at radius 2 is 2.00 bits per heavy atom. The Morgan fingerprint density at radius 3 is 2.68 bits per heavy atom. The highest BCUT2D eigenvalue weighted by atomic mass is 19.1. The molecule has 0 aliphatic carbocycles. The van der Waals surface area contributed by atoms with Crippen molar-refractivity contribution < 1.29 is 8.78 Å². The monoisotopic (exact) mass is 262 g/mol. The molecule has 2 nitrogen and oxygen atoms in total. The van der Waals surface area contributed by atoms with Crippen molar-refractivity contribution in [2.75, 3.05) is 6.54 Å². The van der Waals surface area contributed by atoms with Gasteiger partial charge in [-0.25, -0.2) is 8.78 Å². The zero-order valence-electron chi connectivity index (χ0n) is 11.0. The summed E-state index contributed by atoms with van der Waals surface area (Å²) in [6.45, 7) is 4.84. The molecule has 2 rings (SSSR count). The highest BCUT2D eigenvalue weighted by molar-refractivity contribution is 5.64. The van der Waals surface area contributed by atoms with Crippen molar-refractivity contribution in [1.29, 1.82) is 0 Å². The summed E-state index contributed by atoms with van der Waals surface area (Å²) < 4.78 is 27.0. The Kier molecular flexibility index (Phi) is 4.22. The van der Waals surface area contributed by atoms with E-state index in [9.17, 15) is 8.78 Å². The van der Waals surface area contributed by atoms with Gasteiger partial charge in [0.25, 0.3) is 0 Å². The summed E-state index contributed by atoms with van der Waals surface area (Å²) in [6.07, 6.45) is 2.57. The molecule has 1 atom stereocenters. The highest BCUT2D eigenvalue weighted by Gasteiger charge is 2.11. The number of pyridine rings is 1. The second-order valence-corrected chi connectivity index (χ2v) is 4.41. The van der Waals surface area contributed by atoms with Crippen molar-refractivity contribution in [2.45, 2.75) is 19.9 Å². The van der Waals surface area contributed by atoms with E-state index in [4.69, 9.17) is 0 Å². The fourth-order valence-electron chi connectivity index (χ4n) is 2.02. The van der Waals surface area contributed by atoms with Crippen LogP contribution in [0.25, 0.3) is 11.1 Å². The Hall–Kier alpha value is -1.81. The lowest BCUT2D eigenvalue weighted by molar-refractivity contribution is 0.592. The molecule has 4 heteroatoms. The van der Waals surface area contributed by atoms with E-state index in [0.717, 1.165) is 18.3 Å². The third-order valence-electron chi connectivity index (χ3n) is 3.02. The normalized spacial score (nSPS) is 12.4. The van der Waals surface area contributed by atoms with Gasteiger partial charge in [0, 0.05) is 23.4 Å². The summed E-state index contributed by atoms with van der Waals surface area (Å²) in [5.41, 5.74) is 1.78. The average molecular weight is 262 g/mol. The van der Waals surface area contributed by atoms with Crippen LogP contribution in [0.5, 0.6) is 0 Å². The van der Waals surface area contributed by atoms with E-state index in [1.807, 2.05) is 13.8 Å². The van der Waals surface area contributed by atoms with Crippen molar-refractivity contribution in [3.05, 3.63) is 53.9 Å². The number of aromatic nitrogens is 1. The summed E-state index contributed by atoms with van der Waals surface area (Å²) in [5.74, 6) is -0.845. The topological polar surface area (TPSA) is 24.9 Å². The van der Waals surface area contributed by atoms with Crippen molar-refractivity contribution in [2.24, 2.45) is 0 Å². The predicted octanol–water partition coefficient (Wildman–Crippen LogP) is 3.70. The number of hydrogen-bond acceptors (Lipinski definition) is 2. The van der Waals surface area contributed by atoms with E-state index in [2.05, 4.69) is 10.3 Å². The van der Waals surface area contributed by atoms with Gasteiger partial charge >= 0.3 is 0 Å². The van der Waals surface area contributed by atoms with E-state index in [1.165, 1.54) is 18.3 Å². The van der Waals surface area contributed by atoms with Gasteiger partial charge in [0.1, 0.15) is 11.6 Å². The predicted molar refractivity (Wildman–Crippen MR) is 71.7 cm³/mol. The molecule has 0 radical (unpaired) electrons. The Labute approximate surface area is 111 Å². The molecule has 1 heterocycles. The minimum absolute atomic E-state index is 0.117. The molecule has 0 fully saturated rings. The molecule has 19 heavy (non-hydrogen) atoms. The summed E-state index contributed by atoms with van der Waals surface area (Å²) in [6, 6.07) is 6.28. The van der Waals surface area contributed by atoms with Crippen LogP contribution in [-0.2, 0) is 0 Å². The Bertz CT molecular complexity index is 570. The minimum Gasteiger partial charge on any atom is -0.310 e. The maximum absolute atomic E-state index is 13.9. The van der Waals surface area contributed by atoms with E-state index >= 15 is 0 Å². The van der Waals surface area contributed by atoms with Crippen molar-refractivity contribution in [3.63, 3.8) is 0 Å². The Balaban J connectivity index is 2.42. The zero-order chi connectivity index (χ0) is 13.8. The maximum Gasteiger partial charge on any atom is 0.142 e. The molecule has 0 saturated carbocycles. The third kappa shape index (κ3) is 3.15. The van der Waals surface area contributed by atoms with Crippen LogP contribution >= 0.6 is 0 Å². The van der Waals surface area contributed by atoms with Gasteiger partial charge in [-0.15, -0.1) is 0 Å². The second-order valence-electron chi connectivity index (χ2n) is 4.41. The maximum atomic E-state index is 13.9. The highest BCUT2D eigenvalue weighted by Crippen LogP contribution is 2.26. The van der Waals surface area contributed by atoms with Crippen LogP contribution in [0.2, 0.25) is 0 Å². The van der Waals surface area contributed by atoms with E-state index in [0.29, 0.717) is 11.1 Å². The van der Waals surface area contributed by atoms with Crippen molar-refractivity contribution >= 4 is 0 Å². The molecule has 1 aromatic carbocycles. The largest absolute Gasteiger partial charge is 0.310 e. The molecule has 1 aromatic heterocycles. The van der Waals surface area contributed by atoms with Gasteiger partial charge in [0.2, 0.25) is 0 Å². The van der Waals surface area contributed by atoms with Crippen LogP contribution in [0.3, 0.4) is 0 Å². The zero-order valence-corrected chi connectivity index (χ0v) is 11.0. The van der Waals surface area contributed by atoms with Crippen LogP contribution in [0.1, 0.15) is 25.5 Å². The van der Waals surface area contributed by atoms with Gasteiger partial charge in [-0.3, -0.25) is 4.98 Å². The molecule has 0 aliphatic heterocycles. The summed E-state index contributed by atoms with van der Waals surface area (Å²) >= 11 is 0. The standard InChI is InChI=1S/C15H16F2N2/c1-3-19-10(2)11-4-5-15(17)14(7-11)12-6-13(16)9-18-8-12/h4-10,19H,3H2,1-2H3. The first-order valence-electron chi connectivity index (χ1n) is 6.25. The molecule has 0 bridgehead atoms. The number of rotatable bonds is 4. The number of benzene rings is 1. The summed E-state index contributed by atoms with van der Waals surface area (Å²) in [5, 5.41) is 3.26. The molecule has 0 amide bonds. The van der Waals surface area contributed by atoms with Crippen LogP contribution in [0, 0.1) is 11.6 Å². The van der Waals surface area contributed by atoms with Gasteiger partial charge < -0.3 is 5.32 Å². The molecule has 0 spiro atoms. The number of halogens is 2. The molecule has 1 unspecified atom stereocenters. The van der Waals surface area contributed by atoms with Crippen LogP contribution < -0.4 is 5.32 Å². The molecule has 0 saturated heterocycles. The lowest BCUT2D eigenvalue weighted by Gasteiger charge is -2.14. The van der Waals surface area contributed by atoms with Gasteiger partial charge in [-0.2, -0.15) is 0 Å². The lowest BCUT2D eigenvalue weighted by Crippen LogP contribution is -2.17. The second kappa shape index (κ2) is 5.89. The molecule has 100 valence electrons. The number of nitrogens with zero attached hydrogens (tertiary/aromatic N) is 1. The smallest absolute Gasteiger partial charge is 0.142 e. The SMILES string of the molecule is CCNC(C)c1ccc(F)c(-c2cncc(F)c2)c1. The molecule has 1 N–H and O–H groups in total. The van der Waals surface area contributed by atoms with E-state index < -0.39 is 5.82 Å². The van der Waals surface area contributed by atoms with Crippen molar-refractivity contribution in [1.82, 2.24) is 10.3 Å². The summed E-state index contributed by atoms with van der Waals surface area (Å²) in [7, 11) is 0. The molecular weight excluding hydrogens is 246 g/mol. The number of nitrogens with one attached hydrogen (secondary N) is 1. The minimum atomic E-state index is -0.470. The van der Waals surface area contributed by atoms with Gasteiger partial charge in [0.05, 0.1) is 6.20 Å². The fourth-order valence-corrected chi connectivity index (χ4v) is 2.02. The van der Waals surface area contributed by atoms with Crippen LogP contribution in [0.4, 0.5) is 8.78 Å². The van der Waals surface area contributed by atoms with Gasteiger partial charge in [-0.05, 0) is 37.2 Å². The van der Waals surface area contributed by atoms with E-state index in [1.54, 1.807) is 12.1 Å². The van der Waals surface area contributed by atoms with Crippen LogP contribution in [0.15, 0.2) is 36.7 Å². The first kappa shape index (κ1) is 13.6. The third-order valence-corrected chi connectivity index (χ3v) is 3.02. The Morgan fingerprint density at radius 1 is 1.21 bits per heavy atom. The first-order valence-corrected chi connectivity index (χ1v) is 6.25. The van der Waals surface area contributed by atoms with Crippen molar-refractivity contribution in [3.8, 4) is 11.1 Å². The fraction of sp³-hybridized carbons (Fsp3) is 0.267. The van der Waals surface area contributed by atoms with Gasteiger partial charge in [-0.1, -0.05) is 13.0 Å². The number of hydrogen-bond donors (Lipinski definition) is 1. The van der Waals surface area contributed by atoms with Gasteiger partial charge in [0.15, 0.2) is 0 Å². The van der Waals surface area contributed by atoms with Crippen LogP contribution in [-0.4, -0.2) is 11.5 Å².